The van der Waals surface area contributed by atoms with Crippen LogP contribution in [0.15, 0.2) is 85.1 Å². The number of unbranched alkanes of at least 4 members (excludes halogenated alkanes) is 11. The fourth-order valence-corrected chi connectivity index (χ4v) is 6.16. The van der Waals surface area contributed by atoms with E-state index in [1.54, 1.807) is 0 Å². The van der Waals surface area contributed by atoms with Crippen molar-refractivity contribution in [1.29, 1.82) is 0 Å². The van der Waals surface area contributed by atoms with Crippen molar-refractivity contribution >= 4 is 19.8 Å². The van der Waals surface area contributed by atoms with Gasteiger partial charge < -0.3 is 18.9 Å². The lowest BCUT2D eigenvalue weighted by Crippen LogP contribution is -2.37. The summed E-state index contributed by atoms with van der Waals surface area (Å²) in [5, 5.41) is 0. The molecule has 0 aliphatic carbocycles. The lowest BCUT2D eigenvalue weighted by Gasteiger charge is -2.24. The molecule has 0 aromatic heterocycles. The summed E-state index contributed by atoms with van der Waals surface area (Å²) in [5.74, 6) is -0.860. The van der Waals surface area contributed by atoms with Crippen molar-refractivity contribution < 1.29 is 42.1 Å². The van der Waals surface area contributed by atoms with Crippen molar-refractivity contribution in [1.82, 2.24) is 0 Å². The van der Waals surface area contributed by atoms with Crippen LogP contribution >= 0.6 is 7.82 Å². The standard InChI is InChI=1S/C48H82NO8P/c1-6-8-10-12-14-16-18-20-22-24-26-28-30-32-34-36-38-40-47(50)54-44-46(45-56-58(52,53)55-43-42-49(3,4)5)57-48(51)41-39-37-35-33-31-29-27-25-23-21-19-17-15-13-11-9-7-2/h8,10,14-17,20-23,26-29,46H,6-7,9,11-13,18-19,24-25,30-45H2,1-5H3/p+1/b10-8-,16-14-,17-15-,22-20-,23-21-,28-26-,29-27-/t46-/m1/s1. The van der Waals surface area contributed by atoms with E-state index in [0.29, 0.717) is 23.9 Å². The average Bonchev–Trinajstić information content (AvgIpc) is 3.17. The first-order valence-corrected chi connectivity index (χ1v) is 23.8. The molecule has 0 amide bonds. The van der Waals surface area contributed by atoms with Crippen LogP contribution in [0.1, 0.15) is 155 Å². The minimum absolute atomic E-state index is 0.0180. The van der Waals surface area contributed by atoms with Crippen molar-refractivity contribution in [3.8, 4) is 0 Å². The molecule has 0 bridgehead atoms. The predicted octanol–water partition coefficient (Wildman–Crippen LogP) is 12.8. The summed E-state index contributed by atoms with van der Waals surface area (Å²) in [7, 11) is 1.43. The molecular formula is C48H83NO8P+. The molecule has 0 aliphatic heterocycles. The number of likely N-dealkylation sites (N-methyl/N-ethyl adjacent to an activating group) is 1. The van der Waals surface area contributed by atoms with E-state index in [1.807, 2.05) is 21.1 Å². The lowest BCUT2D eigenvalue weighted by molar-refractivity contribution is -0.870. The number of hydrogen-bond donors (Lipinski definition) is 1. The second kappa shape index (κ2) is 39.6. The molecule has 10 heteroatoms. The predicted molar refractivity (Wildman–Crippen MR) is 242 cm³/mol. The number of nitrogens with zero attached hydrogens (tertiary/aromatic N) is 1. The van der Waals surface area contributed by atoms with Gasteiger partial charge in [-0.2, -0.15) is 0 Å². The number of rotatable bonds is 39. The number of ether oxygens (including phenoxy) is 2. The molecule has 0 saturated carbocycles. The van der Waals surface area contributed by atoms with E-state index in [4.69, 9.17) is 18.5 Å². The highest BCUT2D eigenvalue weighted by atomic mass is 31.2. The average molecular weight is 833 g/mol. The Kier molecular flexibility index (Phi) is 37.7. The van der Waals surface area contributed by atoms with E-state index >= 15 is 0 Å². The molecule has 332 valence electrons. The smallest absolute Gasteiger partial charge is 0.462 e. The van der Waals surface area contributed by atoms with Gasteiger partial charge in [-0.1, -0.05) is 137 Å². The Morgan fingerprint density at radius 3 is 1.45 bits per heavy atom. The molecule has 0 rings (SSSR count). The molecule has 1 unspecified atom stereocenters. The summed E-state index contributed by atoms with van der Waals surface area (Å²) in [6.45, 7) is 4.20. The highest BCUT2D eigenvalue weighted by Crippen LogP contribution is 2.43. The third-order valence-electron chi connectivity index (χ3n) is 8.91. The van der Waals surface area contributed by atoms with Crippen LogP contribution in [0.25, 0.3) is 0 Å². The van der Waals surface area contributed by atoms with Crippen molar-refractivity contribution in [2.75, 3.05) is 47.5 Å². The zero-order chi connectivity index (χ0) is 42.8. The van der Waals surface area contributed by atoms with E-state index in [2.05, 4.69) is 98.9 Å². The van der Waals surface area contributed by atoms with Gasteiger partial charge in [0, 0.05) is 12.8 Å². The van der Waals surface area contributed by atoms with Gasteiger partial charge >= 0.3 is 19.8 Å². The molecule has 1 N–H and O–H groups in total. The highest BCUT2D eigenvalue weighted by Gasteiger charge is 2.27. The molecule has 0 aliphatic rings. The summed E-state index contributed by atoms with van der Waals surface area (Å²) in [4.78, 5) is 35.4. The summed E-state index contributed by atoms with van der Waals surface area (Å²) < 4.78 is 34.3. The number of carbonyl (C=O) groups is 2. The molecule has 9 nitrogen and oxygen atoms in total. The van der Waals surface area contributed by atoms with E-state index < -0.39 is 32.5 Å². The number of phosphoric ester groups is 1. The van der Waals surface area contributed by atoms with Gasteiger partial charge in [0.25, 0.3) is 0 Å². The Bertz CT molecular complexity index is 1260. The van der Waals surface area contributed by atoms with Crippen LogP contribution in [0.4, 0.5) is 0 Å². The van der Waals surface area contributed by atoms with Crippen molar-refractivity contribution in [3.05, 3.63) is 85.1 Å². The third kappa shape index (κ3) is 42.8. The fourth-order valence-electron chi connectivity index (χ4n) is 5.42. The van der Waals surface area contributed by atoms with Gasteiger partial charge in [-0.3, -0.25) is 18.6 Å². The second-order valence-corrected chi connectivity index (χ2v) is 17.1. The van der Waals surface area contributed by atoms with Gasteiger partial charge in [0.1, 0.15) is 19.8 Å². The molecule has 2 atom stereocenters. The number of quaternary nitrogens is 1. The van der Waals surface area contributed by atoms with E-state index in [1.165, 1.54) is 25.7 Å². The van der Waals surface area contributed by atoms with Gasteiger partial charge in [-0.15, -0.1) is 0 Å². The normalized spacial score (nSPS) is 14.4. The van der Waals surface area contributed by atoms with Crippen molar-refractivity contribution in [3.63, 3.8) is 0 Å². The Morgan fingerprint density at radius 2 is 0.983 bits per heavy atom. The summed E-state index contributed by atoms with van der Waals surface area (Å²) in [6, 6.07) is 0. The van der Waals surface area contributed by atoms with Gasteiger partial charge in [0.2, 0.25) is 0 Å². The topological polar surface area (TPSA) is 108 Å². The SMILES string of the molecule is CC/C=C\C/C=C\C/C=C\C/C=C\CCCCCCC(=O)OC[C@H](COP(=O)(O)OCC[N+](C)(C)C)OC(=O)CCCCCC/C=C\C/C=C\C/C=C\CCCCC. The zero-order valence-electron chi connectivity index (χ0n) is 37.2. The maximum Gasteiger partial charge on any atom is 0.472 e. The molecule has 0 aromatic rings. The number of carbonyl (C=O) groups excluding carboxylic acids is 2. The third-order valence-corrected chi connectivity index (χ3v) is 9.89. The number of allylic oxidation sites excluding steroid dienone is 14. The van der Waals surface area contributed by atoms with E-state index in [0.717, 1.165) is 89.9 Å². The maximum atomic E-state index is 12.7. The second-order valence-electron chi connectivity index (χ2n) is 15.7. The van der Waals surface area contributed by atoms with Crippen molar-refractivity contribution in [2.45, 2.75) is 161 Å². The Morgan fingerprint density at radius 1 is 0.552 bits per heavy atom. The van der Waals surface area contributed by atoms with Gasteiger partial charge in [-0.25, -0.2) is 4.57 Å². The van der Waals surface area contributed by atoms with Crippen LogP contribution in [-0.4, -0.2) is 74.9 Å². The molecule has 0 fully saturated rings. The monoisotopic (exact) mass is 833 g/mol. The first kappa shape index (κ1) is 55.2. The molecule has 0 radical (unpaired) electrons. The molecule has 0 saturated heterocycles. The summed E-state index contributed by atoms with van der Waals surface area (Å²) in [6.07, 6.45) is 50.5. The summed E-state index contributed by atoms with van der Waals surface area (Å²) in [5.41, 5.74) is 0. The summed E-state index contributed by atoms with van der Waals surface area (Å²) >= 11 is 0. The molecular weight excluding hydrogens is 750 g/mol. The number of hydrogen-bond acceptors (Lipinski definition) is 7. The van der Waals surface area contributed by atoms with Crippen LogP contribution in [-0.2, 0) is 32.7 Å². The largest absolute Gasteiger partial charge is 0.472 e. The van der Waals surface area contributed by atoms with Gasteiger partial charge in [-0.05, 0) is 89.9 Å². The minimum Gasteiger partial charge on any atom is -0.462 e. The Hall–Kier alpha value is -2.81. The molecule has 0 aromatic carbocycles. The quantitative estimate of drug-likeness (QED) is 0.0214. The van der Waals surface area contributed by atoms with Gasteiger partial charge in [0.05, 0.1) is 27.7 Å². The Labute approximate surface area is 354 Å². The van der Waals surface area contributed by atoms with Crippen LogP contribution < -0.4 is 0 Å². The molecule has 0 spiro atoms. The first-order valence-electron chi connectivity index (χ1n) is 22.3. The van der Waals surface area contributed by atoms with Crippen LogP contribution in [0.3, 0.4) is 0 Å². The maximum absolute atomic E-state index is 12.7. The van der Waals surface area contributed by atoms with Crippen molar-refractivity contribution in [2.24, 2.45) is 0 Å². The molecule has 0 heterocycles. The van der Waals surface area contributed by atoms with Gasteiger partial charge in [0.15, 0.2) is 6.10 Å². The molecule has 58 heavy (non-hydrogen) atoms. The van der Waals surface area contributed by atoms with Crippen LogP contribution in [0.2, 0.25) is 0 Å². The number of phosphoric acid groups is 1. The zero-order valence-corrected chi connectivity index (χ0v) is 38.1. The first-order chi connectivity index (χ1) is 28.0. The van der Waals surface area contributed by atoms with E-state index in [9.17, 15) is 19.0 Å². The Balaban J connectivity index is 4.46. The fraction of sp³-hybridized carbons (Fsp3) is 0.667. The van der Waals surface area contributed by atoms with Crippen LogP contribution in [0, 0.1) is 0 Å². The lowest BCUT2D eigenvalue weighted by atomic mass is 10.1. The number of esters is 2. The van der Waals surface area contributed by atoms with Crippen LogP contribution in [0.5, 0.6) is 0 Å². The van der Waals surface area contributed by atoms with E-state index in [-0.39, 0.29) is 26.1 Å². The highest BCUT2D eigenvalue weighted by molar-refractivity contribution is 7.47. The minimum atomic E-state index is -4.39.